The van der Waals surface area contributed by atoms with E-state index in [0.717, 1.165) is 30.5 Å². The van der Waals surface area contributed by atoms with Crippen LogP contribution in [0, 0.1) is 12.3 Å². The molecule has 6 heteroatoms. The third kappa shape index (κ3) is 3.43. The molecule has 0 unspecified atom stereocenters. The largest absolute Gasteiger partial charge is 0.481 e. The minimum atomic E-state index is -0.869. The molecule has 1 saturated carbocycles. The first-order valence-corrected chi connectivity index (χ1v) is 7.42. The molecule has 2 rings (SSSR count). The third-order valence-electron chi connectivity index (χ3n) is 4.58. The Balaban J connectivity index is 1.94. The zero-order chi connectivity index (χ0) is 15.5. The van der Waals surface area contributed by atoms with Crippen LogP contribution in [-0.2, 0) is 23.2 Å². The Labute approximate surface area is 124 Å². The van der Waals surface area contributed by atoms with Crippen LogP contribution in [-0.4, -0.2) is 26.8 Å². The van der Waals surface area contributed by atoms with Gasteiger partial charge in [0.15, 0.2) is 0 Å². The van der Waals surface area contributed by atoms with Gasteiger partial charge in [0.1, 0.15) is 0 Å². The summed E-state index contributed by atoms with van der Waals surface area (Å²) in [5, 5.41) is 16.4. The second-order valence-corrected chi connectivity index (χ2v) is 5.98. The van der Waals surface area contributed by atoms with Gasteiger partial charge in [-0.15, -0.1) is 0 Å². The lowest BCUT2D eigenvalue weighted by atomic mass is 9.71. The van der Waals surface area contributed by atoms with E-state index >= 15 is 0 Å². The van der Waals surface area contributed by atoms with Gasteiger partial charge in [-0.25, -0.2) is 0 Å². The van der Waals surface area contributed by atoms with Crippen molar-refractivity contribution in [3.8, 4) is 0 Å². The lowest BCUT2D eigenvalue weighted by molar-refractivity contribution is -0.154. The van der Waals surface area contributed by atoms with Gasteiger partial charge in [-0.05, 0) is 19.8 Å². The van der Waals surface area contributed by atoms with Crippen LogP contribution in [0.1, 0.15) is 49.8 Å². The van der Waals surface area contributed by atoms with Crippen molar-refractivity contribution in [2.45, 2.75) is 52.0 Å². The number of rotatable bonds is 5. The second kappa shape index (κ2) is 6.28. The standard InChI is InChI=1S/C15H23N3O3/c1-11-12(10-17-18(11)2)9-16-13(19)8-15(14(20)21)6-4-3-5-7-15/h10H,3-9H2,1-2H3,(H,16,19)(H,20,21). The summed E-state index contributed by atoms with van der Waals surface area (Å²) in [5.74, 6) is -1.03. The number of aromatic nitrogens is 2. The second-order valence-electron chi connectivity index (χ2n) is 5.98. The smallest absolute Gasteiger partial charge is 0.310 e. The van der Waals surface area contributed by atoms with E-state index in [9.17, 15) is 14.7 Å². The van der Waals surface area contributed by atoms with E-state index in [2.05, 4.69) is 10.4 Å². The topological polar surface area (TPSA) is 84.2 Å². The minimum absolute atomic E-state index is 0.0711. The normalized spacial score (nSPS) is 17.4. The zero-order valence-corrected chi connectivity index (χ0v) is 12.7. The first-order chi connectivity index (χ1) is 9.94. The quantitative estimate of drug-likeness (QED) is 0.866. The van der Waals surface area contributed by atoms with E-state index in [0.29, 0.717) is 19.4 Å². The highest BCUT2D eigenvalue weighted by Gasteiger charge is 2.41. The minimum Gasteiger partial charge on any atom is -0.481 e. The zero-order valence-electron chi connectivity index (χ0n) is 12.7. The highest BCUT2D eigenvalue weighted by Crippen LogP contribution is 2.39. The summed E-state index contributed by atoms with van der Waals surface area (Å²) in [6.07, 6.45) is 5.84. The molecule has 0 aromatic carbocycles. The molecule has 116 valence electrons. The number of carbonyl (C=O) groups is 2. The molecule has 0 radical (unpaired) electrons. The van der Waals surface area contributed by atoms with Crippen molar-refractivity contribution in [3.63, 3.8) is 0 Å². The lowest BCUT2D eigenvalue weighted by Gasteiger charge is -2.32. The number of amides is 1. The van der Waals surface area contributed by atoms with E-state index in [1.807, 2.05) is 14.0 Å². The van der Waals surface area contributed by atoms with Gasteiger partial charge < -0.3 is 10.4 Å². The number of aliphatic carboxylic acids is 1. The van der Waals surface area contributed by atoms with Gasteiger partial charge in [0, 0.05) is 31.3 Å². The average Bonchev–Trinajstić information content (AvgIpc) is 2.77. The fourth-order valence-corrected chi connectivity index (χ4v) is 2.98. The van der Waals surface area contributed by atoms with Gasteiger partial charge in [-0.2, -0.15) is 5.10 Å². The highest BCUT2D eigenvalue weighted by molar-refractivity contribution is 5.85. The molecule has 0 aliphatic heterocycles. The van der Waals surface area contributed by atoms with Gasteiger partial charge in [0.05, 0.1) is 11.6 Å². The van der Waals surface area contributed by atoms with Gasteiger partial charge in [0.25, 0.3) is 0 Å². The van der Waals surface area contributed by atoms with Gasteiger partial charge in [-0.3, -0.25) is 14.3 Å². The van der Waals surface area contributed by atoms with Crippen molar-refractivity contribution in [2.24, 2.45) is 12.5 Å². The Bertz CT molecular complexity index is 530. The molecule has 0 spiro atoms. The maximum Gasteiger partial charge on any atom is 0.310 e. The van der Waals surface area contributed by atoms with Crippen molar-refractivity contribution < 1.29 is 14.7 Å². The maximum atomic E-state index is 12.1. The summed E-state index contributed by atoms with van der Waals surface area (Å²) in [6, 6.07) is 0. The summed E-state index contributed by atoms with van der Waals surface area (Å²) in [7, 11) is 1.85. The van der Waals surface area contributed by atoms with Crippen LogP contribution in [0.4, 0.5) is 0 Å². The Morgan fingerprint density at radius 3 is 2.57 bits per heavy atom. The van der Waals surface area contributed by atoms with Crippen molar-refractivity contribution in [2.75, 3.05) is 0 Å². The Morgan fingerprint density at radius 1 is 1.38 bits per heavy atom. The number of hydrogen-bond acceptors (Lipinski definition) is 3. The third-order valence-corrected chi connectivity index (χ3v) is 4.58. The Kier molecular flexibility index (Phi) is 4.65. The Morgan fingerprint density at radius 2 is 2.05 bits per heavy atom. The predicted octanol–water partition coefficient (Wildman–Crippen LogP) is 1.77. The van der Waals surface area contributed by atoms with Gasteiger partial charge >= 0.3 is 5.97 Å². The number of aryl methyl sites for hydroxylation is 1. The number of nitrogens with one attached hydrogen (secondary N) is 1. The van der Waals surface area contributed by atoms with E-state index in [-0.39, 0.29) is 12.3 Å². The Hall–Kier alpha value is -1.85. The fourth-order valence-electron chi connectivity index (χ4n) is 2.98. The molecule has 6 nitrogen and oxygen atoms in total. The summed E-state index contributed by atoms with van der Waals surface area (Å²) in [4.78, 5) is 23.7. The molecular weight excluding hydrogens is 270 g/mol. The van der Waals surface area contributed by atoms with Gasteiger partial charge in [0.2, 0.25) is 5.91 Å². The molecule has 1 heterocycles. The summed E-state index contributed by atoms with van der Waals surface area (Å²) >= 11 is 0. The van der Waals surface area contributed by atoms with E-state index in [4.69, 9.17) is 0 Å². The fraction of sp³-hybridized carbons (Fsp3) is 0.667. The monoisotopic (exact) mass is 293 g/mol. The van der Waals surface area contributed by atoms with E-state index < -0.39 is 11.4 Å². The SMILES string of the molecule is Cc1c(CNC(=O)CC2(C(=O)O)CCCCC2)cnn1C. The summed E-state index contributed by atoms with van der Waals surface area (Å²) < 4.78 is 1.75. The van der Waals surface area contributed by atoms with Crippen molar-refractivity contribution in [1.29, 1.82) is 0 Å². The van der Waals surface area contributed by atoms with E-state index in [1.165, 1.54) is 0 Å². The molecule has 1 aliphatic rings. The molecule has 21 heavy (non-hydrogen) atoms. The van der Waals surface area contributed by atoms with Crippen LogP contribution in [0.25, 0.3) is 0 Å². The van der Waals surface area contributed by atoms with Crippen molar-refractivity contribution in [1.82, 2.24) is 15.1 Å². The molecule has 1 fully saturated rings. The van der Waals surface area contributed by atoms with Crippen LogP contribution in [0.3, 0.4) is 0 Å². The number of carboxylic acid groups (broad SMARTS) is 1. The van der Waals surface area contributed by atoms with Crippen molar-refractivity contribution >= 4 is 11.9 Å². The molecule has 2 N–H and O–H groups in total. The van der Waals surface area contributed by atoms with Crippen LogP contribution in [0.5, 0.6) is 0 Å². The van der Waals surface area contributed by atoms with Crippen LogP contribution in [0.15, 0.2) is 6.20 Å². The molecule has 0 atom stereocenters. The van der Waals surface area contributed by atoms with Crippen molar-refractivity contribution in [3.05, 3.63) is 17.5 Å². The number of carboxylic acids is 1. The first-order valence-electron chi connectivity index (χ1n) is 7.42. The van der Waals surface area contributed by atoms with Crippen LogP contribution in [0.2, 0.25) is 0 Å². The molecule has 1 aromatic rings. The molecular formula is C15H23N3O3. The molecule has 1 aromatic heterocycles. The van der Waals surface area contributed by atoms with Crippen LogP contribution < -0.4 is 5.32 Å². The predicted molar refractivity (Wildman–Crippen MR) is 77.6 cm³/mol. The number of carbonyl (C=O) groups excluding carboxylic acids is 1. The summed E-state index contributed by atoms with van der Waals surface area (Å²) in [5.41, 5.74) is 1.09. The van der Waals surface area contributed by atoms with E-state index in [1.54, 1.807) is 10.9 Å². The number of nitrogens with zero attached hydrogens (tertiary/aromatic N) is 2. The summed E-state index contributed by atoms with van der Waals surface area (Å²) in [6.45, 7) is 2.34. The molecule has 0 saturated heterocycles. The maximum absolute atomic E-state index is 12.1. The van der Waals surface area contributed by atoms with Crippen LogP contribution >= 0.6 is 0 Å². The molecule has 1 amide bonds. The average molecular weight is 293 g/mol. The molecule has 0 bridgehead atoms. The molecule has 1 aliphatic carbocycles. The lowest BCUT2D eigenvalue weighted by Crippen LogP contribution is -2.39. The first kappa shape index (κ1) is 15.5. The van der Waals surface area contributed by atoms with Gasteiger partial charge in [-0.1, -0.05) is 19.3 Å². The number of hydrogen-bond donors (Lipinski definition) is 2. The highest BCUT2D eigenvalue weighted by atomic mass is 16.4.